The number of hydrogen-bond acceptors (Lipinski definition) is 1. The average Bonchev–Trinajstić information content (AvgIpc) is 2.28. The minimum absolute atomic E-state index is 0.245. The van der Waals surface area contributed by atoms with Crippen molar-refractivity contribution < 1.29 is 5.11 Å². The zero-order valence-electron chi connectivity index (χ0n) is 11.0. The van der Waals surface area contributed by atoms with E-state index >= 15 is 0 Å². The summed E-state index contributed by atoms with van der Waals surface area (Å²) in [5.41, 5.74) is 1.72. The zero-order chi connectivity index (χ0) is 12.2. The van der Waals surface area contributed by atoms with Crippen LogP contribution in [0, 0.1) is 5.92 Å². The van der Waals surface area contributed by atoms with Crippen molar-refractivity contribution in [2.75, 3.05) is 0 Å². The first kappa shape index (κ1) is 13.2. The normalized spacial score (nSPS) is 15.1. The molecule has 0 saturated heterocycles. The van der Waals surface area contributed by atoms with Crippen LogP contribution in [0.3, 0.4) is 0 Å². The quantitative estimate of drug-likeness (QED) is 0.798. The minimum atomic E-state index is -0.677. The second-order valence-corrected chi connectivity index (χ2v) is 4.88. The van der Waals surface area contributed by atoms with Crippen molar-refractivity contribution in [2.45, 2.75) is 52.6 Å². The molecule has 0 heterocycles. The van der Waals surface area contributed by atoms with Gasteiger partial charge in [0.1, 0.15) is 0 Å². The molecule has 1 heteroatoms. The number of aryl methyl sites for hydroxylation is 1. The number of rotatable bonds is 5. The maximum Gasteiger partial charge on any atom is 0.0916 e. The van der Waals surface area contributed by atoms with Crippen LogP contribution in [0.2, 0.25) is 0 Å². The largest absolute Gasteiger partial charge is 0.385 e. The Bertz CT molecular complexity index is 330. The summed E-state index contributed by atoms with van der Waals surface area (Å²) in [6.07, 6.45) is 3.00. The van der Waals surface area contributed by atoms with Gasteiger partial charge < -0.3 is 5.11 Å². The summed E-state index contributed by atoms with van der Waals surface area (Å²) < 4.78 is 0. The molecule has 1 atom stereocenters. The summed E-state index contributed by atoms with van der Waals surface area (Å²) in [5.74, 6) is 0.245. The maximum absolute atomic E-state index is 10.7. The first-order valence-corrected chi connectivity index (χ1v) is 6.36. The molecule has 0 aromatic heterocycles. The summed E-state index contributed by atoms with van der Waals surface area (Å²) in [7, 11) is 0. The molecule has 1 aromatic carbocycles. The standard InChI is InChI=1S/C15H24O/c1-5-8-13-9-7-10-14(11-13)15(16,6-2)12(3)4/h7,9-12,16H,5-6,8H2,1-4H3. The number of aliphatic hydroxyl groups is 1. The van der Waals surface area contributed by atoms with Gasteiger partial charge in [0.15, 0.2) is 0 Å². The monoisotopic (exact) mass is 220 g/mol. The third-order valence-electron chi connectivity index (χ3n) is 3.46. The highest BCUT2D eigenvalue weighted by Gasteiger charge is 2.30. The number of benzene rings is 1. The van der Waals surface area contributed by atoms with Gasteiger partial charge in [-0.1, -0.05) is 58.4 Å². The fourth-order valence-corrected chi connectivity index (χ4v) is 2.23. The SMILES string of the molecule is CCCc1cccc(C(O)(CC)C(C)C)c1. The first-order chi connectivity index (χ1) is 7.54. The second kappa shape index (κ2) is 5.49. The molecule has 0 aliphatic rings. The highest BCUT2D eigenvalue weighted by atomic mass is 16.3. The molecule has 1 unspecified atom stereocenters. The average molecular weight is 220 g/mol. The summed E-state index contributed by atoms with van der Waals surface area (Å²) in [4.78, 5) is 0. The minimum Gasteiger partial charge on any atom is -0.385 e. The summed E-state index contributed by atoms with van der Waals surface area (Å²) >= 11 is 0. The van der Waals surface area contributed by atoms with Gasteiger partial charge in [-0.3, -0.25) is 0 Å². The van der Waals surface area contributed by atoms with Crippen molar-refractivity contribution in [1.29, 1.82) is 0 Å². The van der Waals surface area contributed by atoms with Gasteiger partial charge >= 0.3 is 0 Å². The Morgan fingerprint density at radius 2 is 1.94 bits per heavy atom. The molecule has 0 saturated carbocycles. The molecule has 0 aliphatic carbocycles. The molecule has 0 amide bonds. The predicted octanol–water partition coefficient (Wildman–Crippen LogP) is 3.89. The third kappa shape index (κ3) is 2.65. The van der Waals surface area contributed by atoms with Crippen molar-refractivity contribution in [2.24, 2.45) is 5.92 Å². The van der Waals surface area contributed by atoms with Crippen LogP contribution in [0.25, 0.3) is 0 Å². The van der Waals surface area contributed by atoms with Crippen LogP contribution in [0.1, 0.15) is 51.7 Å². The van der Waals surface area contributed by atoms with Gasteiger partial charge in [-0.2, -0.15) is 0 Å². The Hall–Kier alpha value is -0.820. The van der Waals surface area contributed by atoms with Crippen molar-refractivity contribution in [3.63, 3.8) is 0 Å². The Morgan fingerprint density at radius 3 is 2.44 bits per heavy atom. The van der Waals surface area contributed by atoms with Gasteiger partial charge in [-0.05, 0) is 29.9 Å². The van der Waals surface area contributed by atoms with Crippen LogP contribution >= 0.6 is 0 Å². The molecule has 90 valence electrons. The number of hydrogen-bond donors (Lipinski definition) is 1. The lowest BCUT2D eigenvalue weighted by atomic mass is 9.80. The molecule has 1 rings (SSSR count). The van der Waals surface area contributed by atoms with Gasteiger partial charge in [-0.25, -0.2) is 0 Å². The summed E-state index contributed by atoms with van der Waals surface area (Å²) in [6, 6.07) is 8.41. The molecule has 0 aliphatic heterocycles. The van der Waals surface area contributed by atoms with Crippen LogP contribution in [0.4, 0.5) is 0 Å². The zero-order valence-corrected chi connectivity index (χ0v) is 11.0. The van der Waals surface area contributed by atoms with Gasteiger partial charge in [0.2, 0.25) is 0 Å². The van der Waals surface area contributed by atoms with E-state index in [0.717, 1.165) is 24.8 Å². The third-order valence-corrected chi connectivity index (χ3v) is 3.46. The molecule has 1 aromatic rings. The van der Waals surface area contributed by atoms with E-state index in [0.29, 0.717) is 0 Å². The maximum atomic E-state index is 10.7. The lowest BCUT2D eigenvalue weighted by Crippen LogP contribution is -2.31. The van der Waals surface area contributed by atoms with E-state index in [1.807, 2.05) is 13.0 Å². The van der Waals surface area contributed by atoms with E-state index in [1.54, 1.807) is 0 Å². The fourth-order valence-electron chi connectivity index (χ4n) is 2.23. The van der Waals surface area contributed by atoms with Crippen molar-refractivity contribution in [3.8, 4) is 0 Å². The van der Waals surface area contributed by atoms with E-state index in [9.17, 15) is 5.11 Å². The van der Waals surface area contributed by atoms with E-state index in [1.165, 1.54) is 5.56 Å². The van der Waals surface area contributed by atoms with Crippen LogP contribution < -0.4 is 0 Å². The molecular weight excluding hydrogens is 196 g/mol. The van der Waals surface area contributed by atoms with E-state index in [2.05, 4.69) is 39.0 Å². The Kier molecular flexibility index (Phi) is 4.55. The summed E-state index contributed by atoms with van der Waals surface area (Å²) in [5, 5.41) is 10.7. The lowest BCUT2D eigenvalue weighted by Gasteiger charge is -2.32. The highest BCUT2D eigenvalue weighted by Crippen LogP contribution is 2.33. The Morgan fingerprint density at radius 1 is 1.25 bits per heavy atom. The molecular formula is C15H24O. The smallest absolute Gasteiger partial charge is 0.0916 e. The lowest BCUT2D eigenvalue weighted by molar-refractivity contribution is -0.0140. The predicted molar refractivity (Wildman–Crippen MR) is 69.5 cm³/mol. The Balaban J connectivity index is 3.06. The van der Waals surface area contributed by atoms with Crippen molar-refractivity contribution >= 4 is 0 Å². The van der Waals surface area contributed by atoms with Crippen LogP contribution in [0.15, 0.2) is 24.3 Å². The second-order valence-electron chi connectivity index (χ2n) is 4.88. The molecule has 0 spiro atoms. The van der Waals surface area contributed by atoms with Gasteiger partial charge in [0.05, 0.1) is 5.60 Å². The van der Waals surface area contributed by atoms with E-state index < -0.39 is 5.60 Å². The van der Waals surface area contributed by atoms with Crippen LogP contribution in [0.5, 0.6) is 0 Å². The Labute approximate surface area is 99.5 Å². The van der Waals surface area contributed by atoms with Crippen molar-refractivity contribution in [3.05, 3.63) is 35.4 Å². The molecule has 0 fully saturated rings. The van der Waals surface area contributed by atoms with Crippen molar-refractivity contribution in [1.82, 2.24) is 0 Å². The molecule has 1 N–H and O–H groups in total. The first-order valence-electron chi connectivity index (χ1n) is 6.36. The highest BCUT2D eigenvalue weighted by molar-refractivity contribution is 5.28. The summed E-state index contributed by atoms with van der Waals surface area (Å²) in [6.45, 7) is 8.39. The molecule has 16 heavy (non-hydrogen) atoms. The van der Waals surface area contributed by atoms with Crippen LogP contribution in [-0.2, 0) is 12.0 Å². The molecule has 0 radical (unpaired) electrons. The van der Waals surface area contributed by atoms with Gasteiger partial charge in [0, 0.05) is 0 Å². The topological polar surface area (TPSA) is 20.2 Å². The fraction of sp³-hybridized carbons (Fsp3) is 0.600. The van der Waals surface area contributed by atoms with E-state index in [4.69, 9.17) is 0 Å². The van der Waals surface area contributed by atoms with Gasteiger partial charge in [-0.15, -0.1) is 0 Å². The molecule has 1 nitrogen and oxygen atoms in total. The molecule has 0 bridgehead atoms. The van der Waals surface area contributed by atoms with Gasteiger partial charge in [0.25, 0.3) is 0 Å². The van der Waals surface area contributed by atoms with Crippen LogP contribution in [-0.4, -0.2) is 5.11 Å². The van der Waals surface area contributed by atoms with E-state index in [-0.39, 0.29) is 5.92 Å².